The number of hydrogen-bond donors (Lipinski definition) is 1. The Morgan fingerprint density at radius 2 is 2.05 bits per heavy atom. The topological polar surface area (TPSA) is 59.0 Å². The van der Waals surface area contributed by atoms with Crippen LogP contribution in [0.1, 0.15) is 39.5 Å². The van der Waals surface area contributed by atoms with Crippen LogP contribution in [-0.2, 0) is 14.3 Å². The largest absolute Gasteiger partial charge is 0.480 e. The zero-order chi connectivity index (χ0) is 14.5. The molecule has 0 spiro atoms. The lowest BCUT2D eigenvalue weighted by atomic mass is 9.93. The van der Waals surface area contributed by atoms with Gasteiger partial charge in [-0.05, 0) is 31.6 Å². The van der Waals surface area contributed by atoms with E-state index in [-0.39, 0.29) is 12.7 Å². The van der Waals surface area contributed by atoms with Crippen LogP contribution in [0.4, 0.5) is 0 Å². The Bertz CT molecular complexity index is 313. The predicted molar refractivity (Wildman–Crippen MR) is 75.8 cm³/mol. The summed E-state index contributed by atoms with van der Waals surface area (Å²) in [6.45, 7) is 7.16. The highest BCUT2D eigenvalue weighted by atomic mass is 16.5. The van der Waals surface area contributed by atoms with Crippen LogP contribution in [0.3, 0.4) is 0 Å². The van der Waals surface area contributed by atoms with Crippen molar-refractivity contribution in [2.45, 2.75) is 57.8 Å². The fourth-order valence-electron chi connectivity index (χ4n) is 3.20. The molecule has 5 heteroatoms. The molecule has 2 saturated heterocycles. The van der Waals surface area contributed by atoms with Gasteiger partial charge < -0.3 is 19.5 Å². The number of ether oxygens (including phenoxy) is 2. The van der Waals surface area contributed by atoms with Crippen LogP contribution in [0.15, 0.2) is 0 Å². The molecule has 2 rings (SSSR count). The van der Waals surface area contributed by atoms with E-state index >= 15 is 0 Å². The smallest absolute Gasteiger partial charge is 0.329 e. The molecule has 0 radical (unpaired) electrons. The molecule has 0 saturated carbocycles. The fourth-order valence-corrected chi connectivity index (χ4v) is 3.20. The van der Waals surface area contributed by atoms with Gasteiger partial charge in [0, 0.05) is 25.7 Å². The molecule has 2 aliphatic rings. The predicted octanol–water partition coefficient (Wildman–Crippen LogP) is 1.76. The Balaban J connectivity index is 1.74. The van der Waals surface area contributed by atoms with Gasteiger partial charge in [-0.15, -0.1) is 0 Å². The second-order valence-electron chi connectivity index (χ2n) is 6.27. The van der Waals surface area contributed by atoms with Crippen molar-refractivity contribution < 1.29 is 19.4 Å². The molecular formula is C15H27NO4. The van der Waals surface area contributed by atoms with Crippen LogP contribution in [0, 0.1) is 5.92 Å². The van der Waals surface area contributed by atoms with E-state index in [0.29, 0.717) is 18.1 Å². The zero-order valence-corrected chi connectivity index (χ0v) is 12.6. The first-order valence-electron chi connectivity index (χ1n) is 7.75. The third-order valence-electron chi connectivity index (χ3n) is 4.47. The minimum Gasteiger partial charge on any atom is -0.480 e. The molecule has 2 heterocycles. The first-order valence-corrected chi connectivity index (χ1v) is 7.75. The van der Waals surface area contributed by atoms with Crippen LogP contribution in [0.25, 0.3) is 0 Å². The summed E-state index contributed by atoms with van der Waals surface area (Å²) in [5.74, 6) is -0.300. The number of rotatable bonds is 5. The van der Waals surface area contributed by atoms with Gasteiger partial charge >= 0.3 is 5.97 Å². The van der Waals surface area contributed by atoms with Gasteiger partial charge in [0.15, 0.2) is 0 Å². The minimum absolute atomic E-state index is 0.114. The lowest BCUT2D eigenvalue weighted by molar-refractivity contribution is -0.145. The Morgan fingerprint density at radius 1 is 1.35 bits per heavy atom. The summed E-state index contributed by atoms with van der Waals surface area (Å²) in [5.41, 5.74) is 0. The molecule has 1 N–H and O–H groups in total. The zero-order valence-electron chi connectivity index (χ0n) is 12.6. The van der Waals surface area contributed by atoms with Gasteiger partial charge in [-0.3, -0.25) is 0 Å². The van der Waals surface area contributed by atoms with E-state index in [4.69, 9.17) is 14.6 Å². The average molecular weight is 285 g/mol. The van der Waals surface area contributed by atoms with Crippen LogP contribution < -0.4 is 0 Å². The Hall–Kier alpha value is -0.650. The van der Waals surface area contributed by atoms with Crippen LogP contribution in [0.5, 0.6) is 0 Å². The molecule has 0 aromatic rings. The maximum absolute atomic E-state index is 10.5. The van der Waals surface area contributed by atoms with E-state index in [1.54, 1.807) is 0 Å². The van der Waals surface area contributed by atoms with Crippen LogP contribution >= 0.6 is 0 Å². The van der Waals surface area contributed by atoms with Crippen molar-refractivity contribution in [3.8, 4) is 0 Å². The van der Waals surface area contributed by atoms with Crippen molar-refractivity contribution in [3.05, 3.63) is 0 Å². The van der Waals surface area contributed by atoms with Crippen LogP contribution in [-0.4, -0.2) is 60.5 Å². The summed E-state index contributed by atoms with van der Waals surface area (Å²) in [7, 11) is 0. The number of likely N-dealkylation sites (tertiary alicyclic amines) is 1. The van der Waals surface area contributed by atoms with E-state index in [0.717, 1.165) is 45.4 Å². The molecule has 0 bridgehead atoms. The van der Waals surface area contributed by atoms with Gasteiger partial charge in [-0.1, -0.05) is 13.8 Å². The number of hydrogen-bond acceptors (Lipinski definition) is 4. The minimum atomic E-state index is -0.878. The highest BCUT2D eigenvalue weighted by Gasteiger charge is 2.31. The number of piperidine rings is 1. The standard InChI is InChI=1S/C15H27NO4/c1-11(2)14-9-12(5-8-19-14)16-6-3-13(4-7-16)20-10-15(17)18/h11-14H,3-10H2,1-2H3,(H,17,18). The second kappa shape index (κ2) is 7.38. The maximum Gasteiger partial charge on any atom is 0.329 e. The molecule has 2 atom stereocenters. The number of carboxylic acids is 1. The SMILES string of the molecule is CC(C)C1CC(N2CCC(OCC(=O)O)CC2)CCO1. The van der Waals surface area contributed by atoms with Gasteiger partial charge in [-0.25, -0.2) is 4.79 Å². The summed E-state index contributed by atoms with van der Waals surface area (Å²) >= 11 is 0. The van der Waals surface area contributed by atoms with Crippen molar-refractivity contribution >= 4 is 5.97 Å². The maximum atomic E-state index is 10.5. The van der Waals surface area contributed by atoms with E-state index in [1.165, 1.54) is 0 Å². The number of carboxylic acid groups (broad SMARTS) is 1. The molecule has 2 aliphatic heterocycles. The van der Waals surface area contributed by atoms with Crippen LogP contribution in [0.2, 0.25) is 0 Å². The monoisotopic (exact) mass is 285 g/mol. The lowest BCUT2D eigenvalue weighted by Gasteiger charge is -2.42. The van der Waals surface area contributed by atoms with E-state index in [9.17, 15) is 4.79 Å². The van der Waals surface area contributed by atoms with Gasteiger partial charge in [0.25, 0.3) is 0 Å². The second-order valence-corrected chi connectivity index (χ2v) is 6.27. The molecule has 0 aliphatic carbocycles. The highest BCUT2D eigenvalue weighted by Crippen LogP contribution is 2.26. The van der Waals surface area contributed by atoms with Gasteiger partial charge in [0.1, 0.15) is 6.61 Å². The highest BCUT2D eigenvalue weighted by molar-refractivity contribution is 5.68. The van der Waals surface area contributed by atoms with Crippen molar-refractivity contribution in [1.29, 1.82) is 0 Å². The van der Waals surface area contributed by atoms with Crippen molar-refractivity contribution in [2.75, 3.05) is 26.3 Å². The van der Waals surface area contributed by atoms with Gasteiger partial charge in [0.05, 0.1) is 12.2 Å². The summed E-state index contributed by atoms with van der Waals surface area (Å²) in [4.78, 5) is 13.0. The summed E-state index contributed by atoms with van der Waals surface area (Å²) in [6, 6.07) is 0.622. The van der Waals surface area contributed by atoms with Gasteiger partial charge in [0.2, 0.25) is 0 Å². The number of carbonyl (C=O) groups is 1. The van der Waals surface area contributed by atoms with Crippen molar-refractivity contribution in [1.82, 2.24) is 4.90 Å². The molecule has 0 amide bonds. The molecule has 0 aromatic carbocycles. The summed E-state index contributed by atoms with van der Waals surface area (Å²) in [5, 5.41) is 8.63. The molecule has 20 heavy (non-hydrogen) atoms. The van der Waals surface area contributed by atoms with Gasteiger partial charge in [-0.2, -0.15) is 0 Å². The van der Waals surface area contributed by atoms with E-state index < -0.39 is 5.97 Å². The van der Waals surface area contributed by atoms with E-state index in [1.807, 2.05) is 0 Å². The molecule has 116 valence electrons. The third kappa shape index (κ3) is 4.43. The Morgan fingerprint density at radius 3 is 2.65 bits per heavy atom. The summed E-state index contributed by atoms with van der Waals surface area (Å²) in [6.07, 6.45) is 4.62. The fraction of sp³-hybridized carbons (Fsp3) is 0.933. The molecule has 5 nitrogen and oxygen atoms in total. The normalized spacial score (nSPS) is 29.8. The molecule has 0 aromatic heterocycles. The quantitative estimate of drug-likeness (QED) is 0.834. The Kier molecular flexibility index (Phi) is 5.81. The molecule has 2 fully saturated rings. The van der Waals surface area contributed by atoms with Crippen molar-refractivity contribution in [2.24, 2.45) is 5.92 Å². The first kappa shape index (κ1) is 15.7. The molecule has 2 unspecified atom stereocenters. The first-order chi connectivity index (χ1) is 9.56. The van der Waals surface area contributed by atoms with E-state index in [2.05, 4.69) is 18.7 Å². The van der Waals surface area contributed by atoms with Crippen molar-refractivity contribution in [3.63, 3.8) is 0 Å². The molecular weight excluding hydrogens is 258 g/mol. The number of aliphatic carboxylic acids is 1. The lowest BCUT2D eigenvalue weighted by Crippen LogP contribution is -2.48. The number of nitrogens with zero attached hydrogens (tertiary/aromatic N) is 1. The summed E-state index contributed by atoms with van der Waals surface area (Å²) < 4.78 is 11.2. The Labute approximate surface area is 121 Å². The third-order valence-corrected chi connectivity index (χ3v) is 4.47. The average Bonchev–Trinajstić information content (AvgIpc) is 2.46.